The fraction of sp³-hybridized carbons (Fsp3) is 0.200. The number of rotatable bonds is 4. The van der Waals surface area contributed by atoms with E-state index in [9.17, 15) is 4.79 Å². The van der Waals surface area contributed by atoms with Crippen LogP contribution in [-0.4, -0.2) is 42.0 Å². The van der Waals surface area contributed by atoms with E-state index in [2.05, 4.69) is 65.6 Å². The van der Waals surface area contributed by atoms with Crippen molar-refractivity contribution in [2.45, 2.75) is 6.04 Å². The number of carbonyl (C=O) groups is 1. The summed E-state index contributed by atoms with van der Waals surface area (Å²) in [5.41, 5.74) is 6.20. The Balaban J connectivity index is 1.34. The molecule has 0 radical (unpaired) electrons. The Morgan fingerprint density at radius 1 is 0.900 bits per heavy atom. The predicted octanol–water partition coefficient (Wildman–Crippen LogP) is 3.43. The summed E-state index contributed by atoms with van der Waals surface area (Å²) in [6.45, 7) is 3.40. The number of carbonyl (C=O) groups excluding carboxylic acids is 1. The topological polar surface area (TPSA) is 37.6 Å². The molecule has 3 aromatic carbocycles. The molecular formula is C25H24N3OS+. The van der Waals surface area contributed by atoms with Crippen LogP contribution in [-0.2, 0) is 0 Å². The molecule has 1 aromatic heterocycles. The number of benzene rings is 3. The molecule has 1 aliphatic heterocycles. The van der Waals surface area contributed by atoms with Gasteiger partial charge in [-0.15, -0.1) is 11.3 Å². The minimum Gasteiger partial charge on any atom is -0.327 e. The summed E-state index contributed by atoms with van der Waals surface area (Å²) in [6, 6.07) is 27.6. The van der Waals surface area contributed by atoms with Crippen molar-refractivity contribution in [2.75, 3.05) is 26.2 Å². The lowest BCUT2D eigenvalue weighted by Crippen LogP contribution is -3.15. The van der Waals surface area contributed by atoms with Crippen molar-refractivity contribution in [3.05, 3.63) is 101 Å². The molecule has 4 aromatic rings. The van der Waals surface area contributed by atoms with E-state index < -0.39 is 0 Å². The standard InChI is InChI=1S/C25H23N3OS/c29-25(21-11-12-22-23(17-21)30-18-26-22)28-15-13-27(14-16-28)24(19-7-3-1-4-8-19)20-9-5-2-6-10-20/h1-12,17-18,24H,13-16H2/p+1. The molecule has 4 nitrogen and oxygen atoms in total. The van der Waals surface area contributed by atoms with E-state index in [0.29, 0.717) is 0 Å². The number of nitrogens with one attached hydrogen (secondary N) is 1. The van der Waals surface area contributed by atoms with E-state index in [1.54, 1.807) is 11.3 Å². The van der Waals surface area contributed by atoms with Crippen LogP contribution in [0.1, 0.15) is 27.5 Å². The largest absolute Gasteiger partial charge is 0.327 e. The number of thiazole rings is 1. The minimum absolute atomic E-state index is 0.125. The maximum Gasteiger partial charge on any atom is 0.254 e. The molecular weight excluding hydrogens is 390 g/mol. The second-order valence-corrected chi connectivity index (χ2v) is 8.63. The number of piperazine rings is 1. The van der Waals surface area contributed by atoms with E-state index in [1.165, 1.54) is 16.0 Å². The SMILES string of the molecule is O=C(c1ccc2ncsc2c1)N1CC[NH+](C(c2ccccc2)c2ccccc2)CC1. The first-order valence-corrected chi connectivity index (χ1v) is 11.2. The molecule has 0 spiro atoms. The van der Waals surface area contributed by atoms with Gasteiger partial charge in [-0.3, -0.25) is 4.79 Å². The van der Waals surface area contributed by atoms with Gasteiger partial charge in [0.2, 0.25) is 0 Å². The first-order valence-electron chi connectivity index (χ1n) is 10.4. The quantitative estimate of drug-likeness (QED) is 0.556. The third-order valence-corrected chi connectivity index (χ3v) is 6.74. The first kappa shape index (κ1) is 19.0. The van der Waals surface area contributed by atoms with Crippen LogP contribution < -0.4 is 4.90 Å². The van der Waals surface area contributed by atoms with Gasteiger partial charge in [0.05, 0.1) is 41.9 Å². The molecule has 1 amide bonds. The number of aromatic nitrogens is 1. The molecule has 1 fully saturated rings. The van der Waals surface area contributed by atoms with Gasteiger partial charge in [-0.25, -0.2) is 4.98 Å². The number of hydrogen-bond acceptors (Lipinski definition) is 3. The predicted molar refractivity (Wildman–Crippen MR) is 121 cm³/mol. The molecule has 0 atom stereocenters. The maximum atomic E-state index is 13.1. The normalized spacial score (nSPS) is 15.0. The second-order valence-electron chi connectivity index (χ2n) is 7.74. The van der Waals surface area contributed by atoms with Crippen molar-refractivity contribution >= 4 is 27.5 Å². The lowest BCUT2D eigenvalue weighted by molar-refractivity contribution is -0.929. The molecule has 0 aliphatic carbocycles. The second kappa shape index (κ2) is 8.38. The van der Waals surface area contributed by atoms with Crippen LogP contribution in [0.25, 0.3) is 10.2 Å². The zero-order chi connectivity index (χ0) is 20.3. The molecule has 1 N–H and O–H groups in total. The van der Waals surface area contributed by atoms with Gasteiger partial charge in [0, 0.05) is 16.7 Å². The Morgan fingerprint density at radius 3 is 2.17 bits per heavy atom. The van der Waals surface area contributed by atoms with E-state index in [4.69, 9.17) is 0 Å². The minimum atomic E-state index is 0.125. The number of quaternary nitrogens is 1. The van der Waals surface area contributed by atoms with Crippen LogP contribution in [0.4, 0.5) is 0 Å². The van der Waals surface area contributed by atoms with Crippen LogP contribution in [0.2, 0.25) is 0 Å². The first-order chi connectivity index (χ1) is 14.8. The Labute approximate surface area is 180 Å². The third kappa shape index (κ3) is 3.74. The van der Waals surface area contributed by atoms with Crippen molar-refractivity contribution in [2.24, 2.45) is 0 Å². The lowest BCUT2D eigenvalue weighted by atomic mass is 9.96. The van der Waals surface area contributed by atoms with E-state index in [-0.39, 0.29) is 11.9 Å². The number of hydrogen-bond donors (Lipinski definition) is 1. The van der Waals surface area contributed by atoms with Gasteiger partial charge in [-0.1, -0.05) is 60.7 Å². The summed E-state index contributed by atoms with van der Waals surface area (Å²) in [7, 11) is 0. The van der Waals surface area contributed by atoms with Gasteiger partial charge < -0.3 is 9.80 Å². The smallest absolute Gasteiger partial charge is 0.254 e. The zero-order valence-corrected chi connectivity index (χ0v) is 17.5. The maximum absolute atomic E-state index is 13.1. The summed E-state index contributed by atoms with van der Waals surface area (Å²) in [4.78, 5) is 20.9. The van der Waals surface area contributed by atoms with Crippen molar-refractivity contribution < 1.29 is 9.69 Å². The molecule has 5 rings (SSSR count). The van der Waals surface area contributed by atoms with Crippen molar-refractivity contribution in [1.82, 2.24) is 9.88 Å². The fourth-order valence-corrected chi connectivity index (χ4v) is 5.13. The van der Waals surface area contributed by atoms with Gasteiger partial charge in [-0.2, -0.15) is 0 Å². The Bertz CT molecular complexity index is 1100. The van der Waals surface area contributed by atoms with E-state index in [1.807, 2.05) is 28.6 Å². The van der Waals surface area contributed by atoms with E-state index in [0.717, 1.165) is 42.0 Å². The molecule has 0 saturated carbocycles. The highest BCUT2D eigenvalue weighted by atomic mass is 32.1. The van der Waals surface area contributed by atoms with Crippen LogP contribution in [0.5, 0.6) is 0 Å². The monoisotopic (exact) mass is 414 g/mol. The van der Waals surface area contributed by atoms with Crippen molar-refractivity contribution in [3.63, 3.8) is 0 Å². The molecule has 30 heavy (non-hydrogen) atoms. The number of nitrogens with zero attached hydrogens (tertiary/aromatic N) is 2. The molecule has 2 heterocycles. The highest BCUT2D eigenvalue weighted by Gasteiger charge is 2.31. The van der Waals surface area contributed by atoms with Gasteiger partial charge in [-0.05, 0) is 18.2 Å². The molecule has 1 saturated heterocycles. The highest BCUT2D eigenvalue weighted by molar-refractivity contribution is 7.16. The molecule has 5 heteroatoms. The summed E-state index contributed by atoms with van der Waals surface area (Å²) >= 11 is 1.58. The van der Waals surface area contributed by atoms with Crippen LogP contribution >= 0.6 is 11.3 Å². The van der Waals surface area contributed by atoms with Gasteiger partial charge in [0.15, 0.2) is 0 Å². The van der Waals surface area contributed by atoms with Gasteiger partial charge in [0.1, 0.15) is 6.04 Å². The van der Waals surface area contributed by atoms with Gasteiger partial charge >= 0.3 is 0 Å². The third-order valence-electron chi connectivity index (χ3n) is 5.95. The summed E-state index contributed by atoms with van der Waals surface area (Å²) in [6.07, 6.45) is 0. The molecule has 0 bridgehead atoms. The number of amides is 1. The Kier molecular flexibility index (Phi) is 5.30. The van der Waals surface area contributed by atoms with Crippen LogP contribution in [0.15, 0.2) is 84.4 Å². The van der Waals surface area contributed by atoms with E-state index >= 15 is 0 Å². The molecule has 0 unspecified atom stereocenters. The van der Waals surface area contributed by atoms with Crippen molar-refractivity contribution in [1.29, 1.82) is 0 Å². The average molecular weight is 415 g/mol. The Hall–Kier alpha value is -3.02. The van der Waals surface area contributed by atoms with Crippen LogP contribution in [0, 0.1) is 0 Å². The lowest BCUT2D eigenvalue weighted by Gasteiger charge is -2.37. The van der Waals surface area contributed by atoms with Crippen molar-refractivity contribution in [3.8, 4) is 0 Å². The summed E-state index contributed by atoms with van der Waals surface area (Å²) in [5, 5.41) is 0. The highest BCUT2D eigenvalue weighted by Crippen LogP contribution is 2.21. The summed E-state index contributed by atoms with van der Waals surface area (Å²) < 4.78 is 1.07. The Morgan fingerprint density at radius 2 is 1.53 bits per heavy atom. The van der Waals surface area contributed by atoms with Crippen LogP contribution in [0.3, 0.4) is 0 Å². The summed E-state index contributed by atoms with van der Waals surface area (Å²) in [5.74, 6) is 0.125. The fourth-order valence-electron chi connectivity index (χ4n) is 4.41. The zero-order valence-electron chi connectivity index (χ0n) is 16.7. The van der Waals surface area contributed by atoms with Gasteiger partial charge in [0.25, 0.3) is 5.91 Å². The molecule has 150 valence electrons. The number of fused-ring (bicyclic) bond motifs is 1. The molecule has 1 aliphatic rings. The average Bonchev–Trinajstić information content (AvgIpc) is 3.29.